The van der Waals surface area contributed by atoms with Crippen molar-refractivity contribution in [1.82, 2.24) is 4.98 Å². The Kier molecular flexibility index (Phi) is 4.56. The third kappa shape index (κ3) is 3.05. The topological polar surface area (TPSA) is 85.8 Å². The molecule has 1 aromatic rings. The van der Waals surface area contributed by atoms with Crippen molar-refractivity contribution < 1.29 is 23.9 Å². The van der Waals surface area contributed by atoms with Crippen LogP contribution in [0.3, 0.4) is 0 Å². The number of nitrogens with zero attached hydrogens (tertiary/aromatic N) is 2. The summed E-state index contributed by atoms with van der Waals surface area (Å²) >= 11 is 3.25. The first-order valence-corrected chi connectivity index (χ1v) is 6.89. The van der Waals surface area contributed by atoms with Crippen molar-refractivity contribution in [2.75, 3.05) is 25.7 Å². The van der Waals surface area contributed by atoms with Gasteiger partial charge in [-0.15, -0.1) is 0 Å². The van der Waals surface area contributed by atoms with E-state index < -0.39 is 17.9 Å². The molecular weight excluding hydrogens is 344 g/mol. The van der Waals surface area contributed by atoms with E-state index in [1.807, 2.05) is 0 Å². The smallest absolute Gasteiger partial charge is 0.358 e. The van der Waals surface area contributed by atoms with Crippen LogP contribution in [0.2, 0.25) is 0 Å². The van der Waals surface area contributed by atoms with E-state index in [2.05, 4.69) is 30.4 Å². The second kappa shape index (κ2) is 6.21. The van der Waals surface area contributed by atoms with E-state index in [-0.39, 0.29) is 24.6 Å². The summed E-state index contributed by atoms with van der Waals surface area (Å²) in [4.78, 5) is 40.8. The molecule has 21 heavy (non-hydrogen) atoms. The predicted octanol–water partition coefficient (Wildman–Crippen LogP) is 1.16. The molecule has 0 aromatic carbocycles. The predicted molar refractivity (Wildman–Crippen MR) is 75.8 cm³/mol. The average Bonchev–Trinajstić information content (AvgIpc) is 2.87. The Balaban J connectivity index is 2.37. The lowest BCUT2D eigenvalue weighted by molar-refractivity contribution is -0.145. The molecular formula is C13H13BrN2O5. The zero-order valence-corrected chi connectivity index (χ0v) is 13.0. The van der Waals surface area contributed by atoms with Crippen LogP contribution in [0.5, 0.6) is 0 Å². The highest BCUT2D eigenvalue weighted by molar-refractivity contribution is 9.10. The van der Waals surface area contributed by atoms with Crippen LogP contribution in [-0.4, -0.2) is 43.6 Å². The van der Waals surface area contributed by atoms with Crippen molar-refractivity contribution in [1.29, 1.82) is 0 Å². The van der Waals surface area contributed by atoms with Crippen molar-refractivity contribution in [3.63, 3.8) is 0 Å². The van der Waals surface area contributed by atoms with Gasteiger partial charge in [0.1, 0.15) is 0 Å². The maximum absolute atomic E-state index is 12.1. The van der Waals surface area contributed by atoms with Crippen molar-refractivity contribution >= 4 is 39.5 Å². The first kappa shape index (κ1) is 15.4. The summed E-state index contributed by atoms with van der Waals surface area (Å²) in [5.74, 6) is -1.91. The van der Waals surface area contributed by atoms with Crippen LogP contribution >= 0.6 is 15.9 Å². The molecule has 7 nitrogen and oxygen atoms in total. The molecule has 0 aliphatic carbocycles. The molecule has 1 unspecified atom stereocenters. The van der Waals surface area contributed by atoms with Crippen LogP contribution in [-0.2, 0) is 19.1 Å². The molecule has 1 aromatic heterocycles. The molecule has 0 spiro atoms. The number of ether oxygens (including phenoxy) is 2. The second-order valence-corrected chi connectivity index (χ2v) is 5.36. The van der Waals surface area contributed by atoms with Crippen molar-refractivity contribution in [3.8, 4) is 0 Å². The molecule has 8 heteroatoms. The van der Waals surface area contributed by atoms with Crippen LogP contribution in [0, 0.1) is 5.92 Å². The highest BCUT2D eigenvalue weighted by Crippen LogP contribution is 2.30. The lowest BCUT2D eigenvalue weighted by Gasteiger charge is -2.18. The molecule has 0 saturated carbocycles. The van der Waals surface area contributed by atoms with E-state index >= 15 is 0 Å². The number of pyridine rings is 1. The van der Waals surface area contributed by atoms with Crippen LogP contribution in [0.15, 0.2) is 16.7 Å². The molecule has 112 valence electrons. The van der Waals surface area contributed by atoms with Gasteiger partial charge in [0.25, 0.3) is 0 Å². The number of esters is 2. The van der Waals surface area contributed by atoms with Crippen molar-refractivity contribution in [2.45, 2.75) is 6.42 Å². The van der Waals surface area contributed by atoms with Crippen molar-refractivity contribution in [2.24, 2.45) is 5.92 Å². The fourth-order valence-corrected chi connectivity index (χ4v) is 2.47. The van der Waals surface area contributed by atoms with Gasteiger partial charge in [0.15, 0.2) is 5.69 Å². The van der Waals surface area contributed by atoms with Gasteiger partial charge in [-0.1, -0.05) is 0 Å². The first-order valence-electron chi connectivity index (χ1n) is 6.10. The molecule has 1 saturated heterocycles. The zero-order chi connectivity index (χ0) is 15.6. The molecule has 2 rings (SSSR count). The van der Waals surface area contributed by atoms with E-state index in [1.165, 1.54) is 25.3 Å². The lowest BCUT2D eigenvalue weighted by atomic mass is 10.1. The molecule has 1 aliphatic heterocycles. The molecule has 1 atom stereocenters. The number of rotatable bonds is 3. The number of carbonyl (C=O) groups is 3. The summed E-state index contributed by atoms with van der Waals surface area (Å²) in [6.07, 6.45) is 1.48. The molecule has 0 N–H and O–H groups in total. The summed E-state index contributed by atoms with van der Waals surface area (Å²) in [6, 6.07) is 1.59. The van der Waals surface area contributed by atoms with E-state index in [1.54, 1.807) is 6.07 Å². The average molecular weight is 357 g/mol. The molecule has 1 aliphatic rings. The van der Waals surface area contributed by atoms with Crippen molar-refractivity contribution in [3.05, 3.63) is 22.4 Å². The minimum atomic E-state index is -0.646. The van der Waals surface area contributed by atoms with Gasteiger partial charge in [0.2, 0.25) is 5.91 Å². The van der Waals surface area contributed by atoms with Gasteiger partial charge in [-0.2, -0.15) is 0 Å². The maximum atomic E-state index is 12.1. The lowest BCUT2D eigenvalue weighted by Crippen LogP contribution is -2.28. The number of aromatic nitrogens is 1. The van der Waals surface area contributed by atoms with E-state index in [4.69, 9.17) is 0 Å². The third-order valence-electron chi connectivity index (χ3n) is 3.16. The molecule has 1 amide bonds. The minimum absolute atomic E-state index is 0.0274. The Morgan fingerprint density at radius 1 is 1.38 bits per heavy atom. The molecule has 0 bridgehead atoms. The van der Waals surface area contributed by atoms with Gasteiger partial charge < -0.3 is 14.4 Å². The molecule has 0 radical (unpaired) electrons. The highest BCUT2D eigenvalue weighted by Gasteiger charge is 2.37. The highest BCUT2D eigenvalue weighted by atomic mass is 79.9. The van der Waals surface area contributed by atoms with Gasteiger partial charge in [0, 0.05) is 23.6 Å². The Morgan fingerprint density at radius 3 is 2.71 bits per heavy atom. The number of hydrogen-bond acceptors (Lipinski definition) is 6. The summed E-state index contributed by atoms with van der Waals surface area (Å²) in [6.45, 7) is 0.146. The van der Waals surface area contributed by atoms with Crippen LogP contribution in [0.4, 0.5) is 5.69 Å². The SMILES string of the molecule is COC(=O)c1ncc(Br)cc1N1CC(C(=O)OC)CC1=O. The number of hydrogen-bond donors (Lipinski definition) is 0. The van der Waals surface area contributed by atoms with Crippen LogP contribution in [0.1, 0.15) is 16.9 Å². The van der Waals surface area contributed by atoms with Gasteiger partial charge in [-0.3, -0.25) is 9.59 Å². The molecule has 1 fully saturated rings. The number of methoxy groups -OCH3 is 2. The molecule has 2 heterocycles. The Hall–Kier alpha value is -1.96. The summed E-state index contributed by atoms with van der Waals surface area (Å²) in [5.41, 5.74) is 0.340. The zero-order valence-electron chi connectivity index (χ0n) is 11.5. The van der Waals surface area contributed by atoms with E-state index in [0.717, 1.165) is 0 Å². The van der Waals surface area contributed by atoms with Gasteiger partial charge in [-0.05, 0) is 22.0 Å². The minimum Gasteiger partial charge on any atom is -0.469 e. The number of amides is 1. The first-order chi connectivity index (χ1) is 9.97. The number of carbonyl (C=O) groups excluding carboxylic acids is 3. The summed E-state index contributed by atoms with van der Waals surface area (Å²) in [7, 11) is 2.51. The normalized spacial score (nSPS) is 17.8. The van der Waals surface area contributed by atoms with E-state index in [9.17, 15) is 14.4 Å². The van der Waals surface area contributed by atoms with Crippen LogP contribution < -0.4 is 4.90 Å². The van der Waals surface area contributed by atoms with Gasteiger partial charge >= 0.3 is 11.9 Å². The second-order valence-electron chi connectivity index (χ2n) is 4.44. The standard InChI is InChI=1S/C13H13BrN2O5/c1-20-12(18)7-3-10(17)16(6-7)9-4-8(14)5-15-11(9)13(19)21-2/h4-5,7H,3,6H2,1-2H3. The maximum Gasteiger partial charge on any atom is 0.358 e. The van der Waals surface area contributed by atoms with Gasteiger partial charge in [-0.25, -0.2) is 9.78 Å². The number of anilines is 1. The largest absolute Gasteiger partial charge is 0.469 e. The monoisotopic (exact) mass is 356 g/mol. The third-order valence-corrected chi connectivity index (χ3v) is 3.60. The van der Waals surface area contributed by atoms with Crippen LogP contribution in [0.25, 0.3) is 0 Å². The Bertz CT molecular complexity index is 604. The van der Waals surface area contributed by atoms with Gasteiger partial charge in [0.05, 0.1) is 25.8 Å². The fraction of sp³-hybridized carbons (Fsp3) is 0.385. The Morgan fingerprint density at radius 2 is 2.10 bits per heavy atom. The quantitative estimate of drug-likeness (QED) is 0.755. The summed E-state index contributed by atoms with van der Waals surface area (Å²) in [5, 5.41) is 0. The Labute approximate surface area is 129 Å². The number of halogens is 1. The fourth-order valence-electron chi connectivity index (χ4n) is 2.15. The van der Waals surface area contributed by atoms with E-state index in [0.29, 0.717) is 10.2 Å². The summed E-state index contributed by atoms with van der Waals surface area (Å²) < 4.78 is 9.93.